The van der Waals surface area contributed by atoms with Crippen molar-refractivity contribution >= 4 is 18.2 Å². The van der Waals surface area contributed by atoms with Crippen LogP contribution in [0.2, 0.25) is 0 Å². The lowest BCUT2D eigenvalue weighted by Crippen LogP contribution is -2.68. The summed E-state index contributed by atoms with van der Waals surface area (Å²) >= 11 is 0. The number of carbonyl (C=O) groups is 3. The van der Waals surface area contributed by atoms with E-state index in [1.54, 1.807) is 6.08 Å². The lowest BCUT2D eigenvalue weighted by molar-refractivity contribution is -0.225. The Balaban J connectivity index is 0. The number of aliphatic hydroxyl groups is 2. The molecule has 0 aliphatic rings. The molecule has 0 aromatic heterocycles. The molecule has 2 atom stereocenters. The van der Waals surface area contributed by atoms with E-state index in [2.05, 4.69) is 19.9 Å². The fraction of sp³-hybridized carbons (Fsp3) is 0.650. The van der Waals surface area contributed by atoms with E-state index in [1.165, 1.54) is 33.3 Å². The number of aliphatic carboxylic acids is 2. The SMILES string of the molecule is CC(C)=CCCC(C)=CC=O.CC(C)C(O)(C(=O)O)C(O)(C(=O)O)C(C)C. The molecule has 2 unspecified atom stereocenters. The van der Waals surface area contributed by atoms with Crippen LogP contribution in [0.25, 0.3) is 0 Å². The fourth-order valence-corrected chi connectivity index (χ4v) is 2.49. The van der Waals surface area contributed by atoms with Gasteiger partial charge in [0.15, 0.2) is 0 Å². The highest BCUT2D eigenvalue weighted by molar-refractivity contribution is 5.91. The number of carboxylic acid groups (broad SMARTS) is 2. The van der Waals surface area contributed by atoms with Gasteiger partial charge in [0.1, 0.15) is 6.29 Å². The van der Waals surface area contributed by atoms with Gasteiger partial charge in [0.2, 0.25) is 11.2 Å². The van der Waals surface area contributed by atoms with Gasteiger partial charge in [0.05, 0.1) is 0 Å². The Kier molecular flexibility index (Phi) is 11.8. The smallest absolute Gasteiger partial charge is 0.339 e. The molecule has 7 nitrogen and oxygen atoms in total. The van der Waals surface area contributed by atoms with E-state index < -0.39 is 35.0 Å². The third kappa shape index (κ3) is 7.27. The second kappa shape index (κ2) is 11.7. The molecule has 4 N–H and O–H groups in total. The van der Waals surface area contributed by atoms with Crippen molar-refractivity contribution in [1.29, 1.82) is 0 Å². The number of hydrogen-bond donors (Lipinski definition) is 4. The molecule has 27 heavy (non-hydrogen) atoms. The van der Waals surface area contributed by atoms with E-state index >= 15 is 0 Å². The molecule has 0 saturated heterocycles. The van der Waals surface area contributed by atoms with Crippen LogP contribution in [0.3, 0.4) is 0 Å². The van der Waals surface area contributed by atoms with Gasteiger partial charge >= 0.3 is 11.9 Å². The highest BCUT2D eigenvalue weighted by Gasteiger charge is 2.63. The van der Waals surface area contributed by atoms with E-state index in [0.717, 1.165) is 24.7 Å². The van der Waals surface area contributed by atoms with Crippen LogP contribution in [-0.4, -0.2) is 49.9 Å². The number of carbonyl (C=O) groups excluding carboxylic acids is 1. The Morgan fingerprint density at radius 3 is 1.48 bits per heavy atom. The molecule has 7 heteroatoms. The van der Waals surface area contributed by atoms with Crippen molar-refractivity contribution in [2.45, 2.75) is 72.5 Å². The van der Waals surface area contributed by atoms with E-state index in [1.807, 2.05) is 6.92 Å². The zero-order valence-electron chi connectivity index (χ0n) is 17.3. The van der Waals surface area contributed by atoms with E-state index in [0.29, 0.717) is 0 Å². The lowest BCUT2D eigenvalue weighted by atomic mass is 9.69. The standard InChI is InChI=1S/C10H18O6.C10H16O/c1-5(2)9(15,7(11)12)10(16,6(3)4)8(13)14;1-9(2)5-4-6-10(3)7-8-11/h5-6,15-16H,1-4H3,(H,11,12)(H,13,14);5,7-8H,4,6H2,1-3H3. The van der Waals surface area contributed by atoms with Crippen molar-refractivity contribution in [2.24, 2.45) is 11.8 Å². The van der Waals surface area contributed by atoms with Crippen molar-refractivity contribution < 1.29 is 34.8 Å². The van der Waals surface area contributed by atoms with Crippen LogP contribution in [0.4, 0.5) is 0 Å². The number of rotatable bonds is 9. The summed E-state index contributed by atoms with van der Waals surface area (Å²) in [5, 5.41) is 37.9. The molecule has 0 amide bonds. The molecule has 0 aliphatic heterocycles. The number of hydrogen-bond acceptors (Lipinski definition) is 5. The predicted octanol–water partition coefficient (Wildman–Crippen LogP) is 2.81. The number of aldehydes is 1. The molecule has 0 aliphatic carbocycles. The molecule has 0 radical (unpaired) electrons. The van der Waals surface area contributed by atoms with Gasteiger partial charge in [-0.25, -0.2) is 9.59 Å². The number of carboxylic acids is 2. The van der Waals surface area contributed by atoms with Crippen LogP contribution in [0, 0.1) is 11.8 Å². The van der Waals surface area contributed by atoms with Gasteiger partial charge in [-0.1, -0.05) is 44.9 Å². The minimum Gasteiger partial charge on any atom is -0.479 e. The molecule has 0 fully saturated rings. The summed E-state index contributed by atoms with van der Waals surface area (Å²) in [6, 6.07) is 0. The summed E-state index contributed by atoms with van der Waals surface area (Å²) in [5.41, 5.74) is -2.97. The monoisotopic (exact) mass is 386 g/mol. The first kappa shape index (κ1) is 27.2. The zero-order valence-corrected chi connectivity index (χ0v) is 17.3. The van der Waals surface area contributed by atoms with Gasteiger partial charge in [0.25, 0.3) is 0 Å². The van der Waals surface area contributed by atoms with Gasteiger partial charge in [-0.05, 0) is 51.5 Å². The van der Waals surface area contributed by atoms with Gasteiger partial charge in [-0.15, -0.1) is 0 Å². The molecule has 0 aromatic carbocycles. The summed E-state index contributed by atoms with van der Waals surface area (Å²) in [4.78, 5) is 32.1. The van der Waals surface area contributed by atoms with Crippen molar-refractivity contribution in [3.8, 4) is 0 Å². The van der Waals surface area contributed by atoms with Gasteiger partial charge < -0.3 is 20.4 Å². The third-order valence-corrected chi connectivity index (χ3v) is 4.35. The average Bonchev–Trinajstić information content (AvgIpc) is 2.52. The topological polar surface area (TPSA) is 132 Å². The van der Waals surface area contributed by atoms with Crippen LogP contribution in [-0.2, 0) is 14.4 Å². The van der Waals surface area contributed by atoms with Gasteiger partial charge in [-0.3, -0.25) is 4.79 Å². The van der Waals surface area contributed by atoms with E-state index in [-0.39, 0.29) is 0 Å². The van der Waals surface area contributed by atoms with Crippen LogP contribution in [0.1, 0.15) is 61.3 Å². The van der Waals surface area contributed by atoms with Gasteiger partial charge in [0, 0.05) is 0 Å². The van der Waals surface area contributed by atoms with Crippen molar-refractivity contribution in [3.05, 3.63) is 23.3 Å². The first-order chi connectivity index (χ1) is 12.2. The maximum absolute atomic E-state index is 11.0. The highest BCUT2D eigenvalue weighted by atomic mass is 16.5. The maximum Gasteiger partial charge on any atom is 0.339 e. The summed E-state index contributed by atoms with van der Waals surface area (Å²) < 4.78 is 0. The largest absolute Gasteiger partial charge is 0.479 e. The third-order valence-electron chi connectivity index (χ3n) is 4.35. The molecule has 156 valence electrons. The molecule has 0 saturated carbocycles. The minimum atomic E-state index is -2.73. The molecule has 0 aromatic rings. The van der Waals surface area contributed by atoms with E-state index in [9.17, 15) is 24.6 Å². The maximum atomic E-state index is 11.0. The average molecular weight is 386 g/mol. The Morgan fingerprint density at radius 1 is 0.889 bits per heavy atom. The Labute approximate surface area is 161 Å². The summed E-state index contributed by atoms with van der Waals surface area (Å²) in [5.74, 6) is -5.40. The van der Waals surface area contributed by atoms with Crippen molar-refractivity contribution in [1.82, 2.24) is 0 Å². The summed E-state index contributed by atoms with van der Waals surface area (Å²) in [7, 11) is 0. The summed E-state index contributed by atoms with van der Waals surface area (Å²) in [6.07, 6.45) is 6.68. The zero-order chi connectivity index (χ0) is 22.0. The van der Waals surface area contributed by atoms with Crippen LogP contribution in [0.5, 0.6) is 0 Å². The molecular formula is C20H34O7. The Bertz CT molecular complexity index is 541. The normalized spacial score (nSPS) is 15.9. The minimum absolute atomic E-state index is 0.845. The first-order valence-electron chi connectivity index (χ1n) is 8.85. The lowest BCUT2D eigenvalue weighted by Gasteiger charge is -2.42. The highest BCUT2D eigenvalue weighted by Crippen LogP contribution is 2.36. The quantitative estimate of drug-likeness (QED) is 0.272. The fourth-order valence-electron chi connectivity index (χ4n) is 2.49. The van der Waals surface area contributed by atoms with Gasteiger partial charge in [-0.2, -0.15) is 0 Å². The second-order valence-electron chi connectivity index (χ2n) is 7.42. The van der Waals surface area contributed by atoms with Crippen LogP contribution < -0.4 is 0 Å². The van der Waals surface area contributed by atoms with Crippen LogP contribution >= 0.6 is 0 Å². The molecule has 0 heterocycles. The van der Waals surface area contributed by atoms with E-state index in [4.69, 9.17) is 10.2 Å². The Hall–Kier alpha value is -1.99. The van der Waals surface area contributed by atoms with Crippen molar-refractivity contribution in [2.75, 3.05) is 0 Å². The second-order valence-corrected chi connectivity index (χ2v) is 7.42. The van der Waals surface area contributed by atoms with Crippen LogP contribution in [0.15, 0.2) is 23.3 Å². The number of allylic oxidation sites excluding steroid dienone is 4. The molecular weight excluding hydrogens is 352 g/mol. The summed E-state index contributed by atoms with van der Waals surface area (Å²) in [6.45, 7) is 11.5. The Morgan fingerprint density at radius 2 is 1.26 bits per heavy atom. The first-order valence-corrected chi connectivity index (χ1v) is 8.85. The molecule has 0 bridgehead atoms. The van der Waals surface area contributed by atoms with Crippen molar-refractivity contribution in [3.63, 3.8) is 0 Å². The predicted molar refractivity (Wildman–Crippen MR) is 103 cm³/mol. The molecule has 0 rings (SSSR count). The molecule has 0 spiro atoms.